The molecule has 0 saturated heterocycles. The first kappa shape index (κ1) is 18.3. The number of aromatic nitrogens is 2. The van der Waals surface area contributed by atoms with Crippen molar-refractivity contribution < 1.29 is 0 Å². The topological polar surface area (TPSA) is 55.7 Å². The molecule has 0 fully saturated rings. The molecule has 2 heterocycles. The quantitative estimate of drug-likeness (QED) is 0.598. The van der Waals surface area contributed by atoms with E-state index in [9.17, 15) is 5.26 Å². The van der Waals surface area contributed by atoms with E-state index in [-0.39, 0.29) is 5.54 Å². The highest BCUT2D eigenvalue weighted by atomic mass is 15.2. The molecule has 4 rings (SSSR count). The molecule has 1 aliphatic heterocycles. The van der Waals surface area contributed by atoms with Crippen molar-refractivity contribution in [3.8, 4) is 6.07 Å². The van der Waals surface area contributed by atoms with E-state index in [0.29, 0.717) is 17.3 Å². The number of nitriles is 1. The van der Waals surface area contributed by atoms with E-state index in [1.165, 1.54) is 11.3 Å². The minimum atomic E-state index is 0.157. The normalized spacial score (nSPS) is 18.8. The van der Waals surface area contributed by atoms with Crippen LogP contribution in [0.15, 0.2) is 42.5 Å². The van der Waals surface area contributed by atoms with Crippen molar-refractivity contribution >= 4 is 28.4 Å². The number of anilines is 1. The van der Waals surface area contributed by atoms with E-state index in [4.69, 9.17) is 0 Å². The Labute approximate surface area is 166 Å². The minimum absolute atomic E-state index is 0.157. The predicted molar refractivity (Wildman–Crippen MR) is 116 cm³/mol. The summed E-state index contributed by atoms with van der Waals surface area (Å²) in [5, 5.41) is 9.72. The summed E-state index contributed by atoms with van der Waals surface area (Å²) >= 11 is 0. The number of rotatable bonds is 3. The van der Waals surface area contributed by atoms with E-state index in [1.807, 2.05) is 30.3 Å². The van der Waals surface area contributed by atoms with Crippen LogP contribution >= 0.6 is 0 Å². The summed E-state index contributed by atoms with van der Waals surface area (Å²) in [6.45, 7) is 10.1. The molecular weight excluding hydrogens is 344 g/mol. The number of imidazole rings is 1. The minimum Gasteiger partial charge on any atom is -0.366 e. The van der Waals surface area contributed by atoms with Crippen LogP contribution in [0.1, 0.15) is 57.0 Å². The average molecular weight is 371 g/mol. The number of H-pyrrole nitrogens is 1. The van der Waals surface area contributed by atoms with Crippen LogP contribution in [0.3, 0.4) is 0 Å². The van der Waals surface area contributed by atoms with E-state index >= 15 is 0 Å². The Balaban J connectivity index is 1.75. The highest BCUT2D eigenvalue weighted by Gasteiger charge is 2.35. The van der Waals surface area contributed by atoms with Gasteiger partial charge in [-0.05, 0) is 74.6 Å². The molecule has 4 nitrogen and oxygen atoms in total. The van der Waals surface area contributed by atoms with Crippen LogP contribution in [-0.2, 0) is 0 Å². The highest BCUT2D eigenvalue weighted by Crippen LogP contribution is 2.43. The lowest BCUT2D eigenvalue weighted by molar-refractivity contribution is 0.381. The first-order valence-corrected chi connectivity index (χ1v) is 9.91. The Kier molecular flexibility index (Phi) is 4.47. The Morgan fingerprint density at radius 2 is 2.11 bits per heavy atom. The third kappa shape index (κ3) is 3.07. The van der Waals surface area contributed by atoms with Gasteiger partial charge in [0, 0.05) is 17.8 Å². The molecule has 0 aliphatic carbocycles. The second-order valence-corrected chi connectivity index (χ2v) is 8.25. The second-order valence-electron chi connectivity index (χ2n) is 8.25. The van der Waals surface area contributed by atoms with Crippen molar-refractivity contribution in [3.05, 3.63) is 59.4 Å². The summed E-state index contributed by atoms with van der Waals surface area (Å²) in [5.41, 5.74) is 6.23. The van der Waals surface area contributed by atoms with Crippen LogP contribution < -0.4 is 4.90 Å². The molecule has 0 saturated carbocycles. The third-order valence-corrected chi connectivity index (χ3v) is 5.80. The predicted octanol–water partition coefficient (Wildman–Crippen LogP) is 5.74. The molecule has 0 bridgehead atoms. The van der Waals surface area contributed by atoms with Crippen molar-refractivity contribution in [2.24, 2.45) is 0 Å². The van der Waals surface area contributed by atoms with E-state index in [1.54, 1.807) is 0 Å². The van der Waals surface area contributed by atoms with Crippen molar-refractivity contribution in [1.29, 1.82) is 5.26 Å². The zero-order valence-electron chi connectivity index (χ0n) is 17.0. The molecule has 3 aromatic rings. The van der Waals surface area contributed by atoms with Gasteiger partial charge in [0.05, 0.1) is 16.6 Å². The number of hydrogen-bond donors (Lipinski definition) is 1. The Bertz CT molecular complexity index is 1060. The van der Waals surface area contributed by atoms with Gasteiger partial charge in [0.25, 0.3) is 0 Å². The maximum atomic E-state index is 9.72. The lowest BCUT2D eigenvalue weighted by Gasteiger charge is -2.47. The van der Waals surface area contributed by atoms with Gasteiger partial charge in [0.2, 0.25) is 0 Å². The van der Waals surface area contributed by atoms with Crippen molar-refractivity contribution in [2.75, 3.05) is 11.4 Å². The number of allylic oxidation sites excluding steroid dienone is 1. The molecular formula is C24H26N4. The maximum absolute atomic E-state index is 9.72. The molecule has 1 unspecified atom stereocenters. The Morgan fingerprint density at radius 1 is 1.32 bits per heavy atom. The monoisotopic (exact) mass is 370 g/mol. The number of fused-ring (bicyclic) bond motifs is 2. The van der Waals surface area contributed by atoms with Crippen LogP contribution in [0.4, 0.5) is 5.69 Å². The summed E-state index contributed by atoms with van der Waals surface area (Å²) in [7, 11) is 0. The highest BCUT2D eigenvalue weighted by molar-refractivity contribution is 5.90. The molecule has 1 aliphatic rings. The summed E-state index contributed by atoms with van der Waals surface area (Å²) in [6, 6.07) is 16.7. The fraction of sp³-hybridized carbons (Fsp3) is 0.333. The largest absolute Gasteiger partial charge is 0.366 e. The number of nitrogens with one attached hydrogen (secondary N) is 1. The first-order chi connectivity index (χ1) is 13.4. The van der Waals surface area contributed by atoms with Crippen LogP contribution in [0.25, 0.3) is 22.7 Å². The van der Waals surface area contributed by atoms with Gasteiger partial charge in [0.1, 0.15) is 11.9 Å². The van der Waals surface area contributed by atoms with E-state index < -0.39 is 0 Å². The zero-order valence-corrected chi connectivity index (χ0v) is 17.0. The number of benzene rings is 2. The van der Waals surface area contributed by atoms with Crippen LogP contribution in [0, 0.1) is 11.3 Å². The lowest BCUT2D eigenvalue weighted by atomic mass is 9.79. The molecule has 142 valence electrons. The maximum Gasteiger partial charge on any atom is 0.149 e. The van der Waals surface area contributed by atoms with E-state index in [2.05, 4.69) is 66.8 Å². The van der Waals surface area contributed by atoms with Gasteiger partial charge in [-0.15, -0.1) is 0 Å². The Hall–Kier alpha value is -3.06. The summed E-state index contributed by atoms with van der Waals surface area (Å²) in [4.78, 5) is 10.3. The van der Waals surface area contributed by atoms with Gasteiger partial charge in [0.15, 0.2) is 0 Å². The third-order valence-electron chi connectivity index (χ3n) is 5.80. The van der Waals surface area contributed by atoms with Crippen molar-refractivity contribution in [3.63, 3.8) is 0 Å². The summed E-state index contributed by atoms with van der Waals surface area (Å²) in [6.07, 6.45) is 3.05. The Morgan fingerprint density at radius 3 is 2.82 bits per heavy atom. The fourth-order valence-corrected chi connectivity index (χ4v) is 4.60. The molecule has 1 atom stereocenters. The average Bonchev–Trinajstić information content (AvgIpc) is 3.10. The second kappa shape index (κ2) is 6.83. The number of nitrogens with zero attached hydrogens (tertiary/aromatic N) is 3. The van der Waals surface area contributed by atoms with Gasteiger partial charge in [-0.3, -0.25) is 0 Å². The number of aromatic amines is 1. The van der Waals surface area contributed by atoms with Crippen LogP contribution in [0.2, 0.25) is 0 Å². The standard InChI is InChI=1S/C24H26N4/c1-5-28-22-11-10-17(13-19(22)16(2)14-24(28,3)4)12-18(15-25)23-26-20-8-6-7-9-21(20)27-23/h6-13,16H,5,14H2,1-4H3,(H,26,27)/b18-12-. The van der Waals surface area contributed by atoms with E-state index in [0.717, 1.165) is 29.6 Å². The molecule has 0 radical (unpaired) electrons. The number of para-hydroxylation sites is 2. The van der Waals surface area contributed by atoms with Gasteiger partial charge in [-0.1, -0.05) is 25.1 Å². The van der Waals surface area contributed by atoms with Gasteiger partial charge >= 0.3 is 0 Å². The molecule has 28 heavy (non-hydrogen) atoms. The fourth-order valence-electron chi connectivity index (χ4n) is 4.60. The van der Waals surface area contributed by atoms with Crippen molar-refractivity contribution in [1.82, 2.24) is 9.97 Å². The van der Waals surface area contributed by atoms with Crippen molar-refractivity contribution in [2.45, 2.75) is 45.6 Å². The molecule has 0 amide bonds. The van der Waals surface area contributed by atoms with Gasteiger partial charge < -0.3 is 9.88 Å². The molecule has 1 aromatic heterocycles. The summed E-state index contributed by atoms with van der Waals surface area (Å²) in [5.74, 6) is 1.10. The smallest absolute Gasteiger partial charge is 0.149 e. The number of hydrogen-bond acceptors (Lipinski definition) is 3. The lowest BCUT2D eigenvalue weighted by Crippen LogP contribution is -2.48. The summed E-state index contributed by atoms with van der Waals surface area (Å²) < 4.78 is 0. The van der Waals surface area contributed by atoms with Gasteiger partial charge in [-0.2, -0.15) is 5.26 Å². The SMILES string of the molecule is CCN1c2ccc(/C=C(/C#N)c3nc4ccccc4[nH]3)cc2C(C)CC1(C)C. The molecule has 1 N–H and O–H groups in total. The van der Waals surface area contributed by atoms with Gasteiger partial charge in [-0.25, -0.2) is 4.98 Å². The van der Waals surface area contributed by atoms with Crippen LogP contribution in [-0.4, -0.2) is 22.1 Å². The molecule has 0 spiro atoms. The molecule has 2 aromatic carbocycles. The van der Waals surface area contributed by atoms with Crippen LogP contribution in [0.5, 0.6) is 0 Å². The molecule has 4 heteroatoms. The zero-order chi connectivity index (χ0) is 19.9. The first-order valence-electron chi connectivity index (χ1n) is 9.91.